The Labute approximate surface area is 137 Å². The Morgan fingerprint density at radius 1 is 1.23 bits per heavy atom. The molecule has 5 nitrogen and oxygen atoms in total. The molecule has 0 bridgehead atoms. The highest BCUT2D eigenvalue weighted by Crippen LogP contribution is 2.15. The summed E-state index contributed by atoms with van der Waals surface area (Å²) in [7, 11) is 0. The van der Waals surface area contributed by atoms with Crippen LogP contribution in [0.4, 0.5) is 0 Å². The number of aliphatic hydroxyl groups is 1. The third kappa shape index (κ3) is 5.25. The van der Waals surface area contributed by atoms with Crippen molar-refractivity contribution in [3.63, 3.8) is 0 Å². The zero-order valence-electron chi connectivity index (χ0n) is 12.2. The lowest BCUT2D eigenvalue weighted by Crippen LogP contribution is -2.47. The first-order valence-corrected chi connectivity index (χ1v) is 8.60. The first-order chi connectivity index (χ1) is 10.5. The van der Waals surface area contributed by atoms with E-state index in [-0.39, 0.29) is 6.54 Å². The molecule has 2 aromatic rings. The second-order valence-corrected chi connectivity index (χ2v) is 7.06. The SMILES string of the molecule is CC(O)(CNC(=O)C(=O)NCc1cccs1)Cc1ccsc1. The molecule has 3 N–H and O–H groups in total. The molecular weight excluding hydrogens is 320 g/mol. The van der Waals surface area contributed by atoms with E-state index in [1.807, 2.05) is 34.3 Å². The van der Waals surface area contributed by atoms with E-state index >= 15 is 0 Å². The van der Waals surface area contributed by atoms with Crippen LogP contribution in [0.1, 0.15) is 17.4 Å². The molecule has 7 heteroatoms. The summed E-state index contributed by atoms with van der Waals surface area (Å²) in [6, 6.07) is 5.69. The molecule has 2 aromatic heterocycles. The van der Waals surface area contributed by atoms with Crippen molar-refractivity contribution in [1.82, 2.24) is 10.6 Å². The predicted octanol–water partition coefficient (Wildman–Crippen LogP) is 1.54. The van der Waals surface area contributed by atoms with E-state index < -0.39 is 17.4 Å². The second kappa shape index (κ2) is 7.53. The fourth-order valence-electron chi connectivity index (χ4n) is 1.91. The molecule has 1 atom stereocenters. The van der Waals surface area contributed by atoms with Crippen LogP contribution >= 0.6 is 22.7 Å². The first-order valence-electron chi connectivity index (χ1n) is 6.78. The third-order valence-electron chi connectivity index (χ3n) is 3.00. The van der Waals surface area contributed by atoms with Crippen LogP contribution < -0.4 is 10.6 Å². The van der Waals surface area contributed by atoms with Gasteiger partial charge in [0.1, 0.15) is 0 Å². The van der Waals surface area contributed by atoms with Gasteiger partial charge in [0.25, 0.3) is 0 Å². The molecule has 22 heavy (non-hydrogen) atoms. The summed E-state index contributed by atoms with van der Waals surface area (Å²) in [6.07, 6.45) is 0.424. The zero-order chi connectivity index (χ0) is 16.0. The van der Waals surface area contributed by atoms with Gasteiger partial charge in [-0.05, 0) is 40.8 Å². The Kier molecular flexibility index (Phi) is 5.70. The van der Waals surface area contributed by atoms with Crippen LogP contribution in [0.25, 0.3) is 0 Å². The van der Waals surface area contributed by atoms with Gasteiger partial charge in [0.15, 0.2) is 0 Å². The van der Waals surface area contributed by atoms with Crippen molar-refractivity contribution < 1.29 is 14.7 Å². The van der Waals surface area contributed by atoms with Gasteiger partial charge in [0.2, 0.25) is 0 Å². The highest BCUT2D eigenvalue weighted by atomic mass is 32.1. The van der Waals surface area contributed by atoms with Crippen molar-refractivity contribution in [3.8, 4) is 0 Å². The minimum atomic E-state index is -1.09. The predicted molar refractivity (Wildman–Crippen MR) is 87.8 cm³/mol. The highest BCUT2D eigenvalue weighted by molar-refractivity contribution is 7.09. The number of hydrogen-bond donors (Lipinski definition) is 3. The van der Waals surface area contributed by atoms with Crippen molar-refractivity contribution in [1.29, 1.82) is 0 Å². The Balaban J connectivity index is 1.75. The summed E-state index contributed by atoms with van der Waals surface area (Å²) < 4.78 is 0. The molecule has 0 radical (unpaired) electrons. The maximum absolute atomic E-state index is 11.7. The van der Waals surface area contributed by atoms with Crippen LogP contribution in [0, 0.1) is 0 Å². The van der Waals surface area contributed by atoms with E-state index in [9.17, 15) is 14.7 Å². The van der Waals surface area contributed by atoms with E-state index in [4.69, 9.17) is 0 Å². The van der Waals surface area contributed by atoms with E-state index in [1.54, 1.807) is 18.3 Å². The Bertz CT molecular complexity index is 607. The average molecular weight is 338 g/mol. The summed E-state index contributed by atoms with van der Waals surface area (Å²) in [6.45, 7) is 1.98. The van der Waals surface area contributed by atoms with Crippen molar-refractivity contribution in [2.24, 2.45) is 0 Å². The largest absolute Gasteiger partial charge is 0.388 e. The number of carbonyl (C=O) groups excluding carboxylic acids is 2. The van der Waals surface area contributed by atoms with Gasteiger partial charge in [-0.2, -0.15) is 11.3 Å². The molecule has 1 unspecified atom stereocenters. The second-order valence-electron chi connectivity index (χ2n) is 5.25. The summed E-state index contributed by atoms with van der Waals surface area (Å²) in [5, 5.41) is 21.1. The minimum Gasteiger partial charge on any atom is -0.388 e. The molecule has 0 fully saturated rings. The third-order valence-corrected chi connectivity index (χ3v) is 4.61. The maximum atomic E-state index is 11.7. The summed E-state index contributed by atoms with van der Waals surface area (Å²) in [4.78, 5) is 24.4. The van der Waals surface area contributed by atoms with E-state index in [1.165, 1.54) is 11.3 Å². The van der Waals surface area contributed by atoms with Gasteiger partial charge in [-0.25, -0.2) is 0 Å². The fraction of sp³-hybridized carbons (Fsp3) is 0.333. The van der Waals surface area contributed by atoms with Gasteiger partial charge in [-0.1, -0.05) is 6.07 Å². The molecule has 0 saturated carbocycles. The van der Waals surface area contributed by atoms with Crippen LogP contribution in [-0.2, 0) is 22.6 Å². The van der Waals surface area contributed by atoms with Gasteiger partial charge in [0, 0.05) is 17.8 Å². The summed E-state index contributed by atoms with van der Waals surface area (Å²) >= 11 is 3.06. The molecule has 0 saturated heterocycles. The molecule has 0 aliphatic heterocycles. The molecule has 2 rings (SSSR count). The van der Waals surface area contributed by atoms with E-state index in [2.05, 4.69) is 10.6 Å². The first kappa shape index (κ1) is 16.7. The maximum Gasteiger partial charge on any atom is 0.309 e. The molecule has 118 valence electrons. The number of nitrogens with one attached hydrogen (secondary N) is 2. The quantitative estimate of drug-likeness (QED) is 0.699. The van der Waals surface area contributed by atoms with Gasteiger partial charge < -0.3 is 15.7 Å². The van der Waals surface area contributed by atoms with Gasteiger partial charge in [-0.3, -0.25) is 9.59 Å². The molecule has 2 heterocycles. The number of hydrogen-bond acceptors (Lipinski definition) is 5. The van der Waals surface area contributed by atoms with Crippen LogP contribution in [0.2, 0.25) is 0 Å². The van der Waals surface area contributed by atoms with E-state index in [0.29, 0.717) is 13.0 Å². The normalized spacial score (nSPS) is 13.4. The van der Waals surface area contributed by atoms with Crippen molar-refractivity contribution >= 4 is 34.5 Å². The molecule has 0 aromatic carbocycles. The molecule has 0 aliphatic rings. The van der Waals surface area contributed by atoms with Crippen molar-refractivity contribution in [2.45, 2.75) is 25.5 Å². The Morgan fingerprint density at radius 3 is 2.64 bits per heavy atom. The number of rotatable bonds is 6. The molecule has 0 spiro atoms. The standard InChI is InChI=1S/C15H18N2O3S2/c1-15(20,7-11-4-6-21-9-11)10-17-14(19)13(18)16-8-12-3-2-5-22-12/h2-6,9,20H,7-8,10H2,1H3,(H,16,18)(H,17,19). The summed E-state index contributed by atoms with van der Waals surface area (Å²) in [5.41, 5.74) is -0.0866. The number of amides is 2. The molecule has 2 amide bonds. The lowest BCUT2D eigenvalue weighted by molar-refractivity contribution is -0.139. The fourth-order valence-corrected chi connectivity index (χ4v) is 3.22. The smallest absolute Gasteiger partial charge is 0.309 e. The van der Waals surface area contributed by atoms with Crippen LogP contribution in [0.5, 0.6) is 0 Å². The topological polar surface area (TPSA) is 78.4 Å². The van der Waals surface area contributed by atoms with Crippen LogP contribution in [0.3, 0.4) is 0 Å². The molecule has 0 aliphatic carbocycles. The lowest BCUT2D eigenvalue weighted by atomic mass is 9.98. The van der Waals surface area contributed by atoms with Crippen molar-refractivity contribution in [2.75, 3.05) is 6.54 Å². The highest BCUT2D eigenvalue weighted by Gasteiger charge is 2.23. The van der Waals surface area contributed by atoms with Gasteiger partial charge in [0.05, 0.1) is 12.1 Å². The van der Waals surface area contributed by atoms with Gasteiger partial charge in [-0.15, -0.1) is 11.3 Å². The zero-order valence-corrected chi connectivity index (χ0v) is 13.8. The Hall–Kier alpha value is -1.70. The summed E-state index contributed by atoms with van der Waals surface area (Å²) in [5.74, 6) is -1.43. The monoisotopic (exact) mass is 338 g/mol. The van der Waals surface area contributed by atoms with Gasteiger partial charge >= 0.3 is 11.8 Å². The van der Waals surface area contributed by atoms with E-state index in [0.717, 1.165) is 10.4 Å². The molecular formula is C15H18N2O3S2. The van der Waals surface area contributed by atoms with Crippen LogP contribution in [-0.4, -0.2) is 29.1 Å². The minimum absolute atomic E-state index is 0.0219. The Morgan fingerprint density at radius 2 is 2.00 bits per heavy atom. The number of carbonyl (C=O) groups is 2. The van der Waals surface area contributed by atoms with Crippen molar-refractivity contribution in [3.05, 3.63) is 44.8 Å². The lowest BCUT2D eigenvalue weighted by Gasteiger charge is -2.23. The number of thiophene rings is 2. The van der Waals surface area contributed by atoms with Crippen LogP contribution in [0.15, 0.2) is 34.3 Å². The average Bonchev–Trinajstić information content (AvgIpc) is 3.15.